The zero-order valence-electron chi connectivity index (χ0n) is 9.38. The van der Waals surface area contributed by atoms with Gasteiger partial charge in [-0.05, 0) is 26.9 Å². The first-order valence-corrected chi connectivity index (χ1v) is 5.23. The van der Waals surface area contributed by atoms with E-state index in [-0.39, 0.29) is 12.6 Å². The van der Waals surface area contributed by atoms with Crippen molar-refractivity contribution in [1.82, 2.24) is 10.2 Å². The smallest absolute Gasteiger partial charge is 0.0597 e. The minimum absolute atomic E-state index is 0.215. The molecule has 1 atom stereocenters. The summed E-state index contributed by atoms with van der Waals surface area (Å²) in [4.78, 5) is 2.35. The molecule has 0 spiro atoms. The van der Waals surface area contributed by atoms with Crippen molar-refractivity contribution < 1.29 is 5.11 Å². The zero-order chi connectivity index (χ0) is 10.3. The summed E-state index contributed by atoms with van der Waals surface area (Å²) < 4.78 is 0. The highest BCUT2D eigenvalue weighted by Crippen LogP contribution is 1.99. The number of nitrogens with zero attached hydrogens (tertiary/aromatic N) is 1. The van der Waals surface area contributed by atoms with Crippen molar-refractivity contribution >= 4 is 0 Å². The molecule has 0 amide bonds. The van der Waals surface area contributed by atoms with Gasteiger partial charge in [0, 0.05) is 18.6 Å². The van der Waals surface area contributed by atoms with Crippen molar-refractivity contribution in [2.45, 2.75) is 39.8 Å². The fourth-order valence-electron chi connectivity index (χ4n) is 1.46. The van der Waals surface area contributed by atoms with Crippen LogP contribution in [0, 0.1) is 0 Å². The first kappa shape index (κ1) is 12.9. The SMILES string of the molecule is CCNC(CO)CN(CC)C(C)C. The second-order valence-corrected chi connectivity index (χ2v) is 3.62. The van der Waals surface area contributed by atoms with Crippen molar-refractivity contribution in [3.8, 4) is 0 Å². The Bertz CT molecular complexity index is 117. The van der Waals surface area contributed by atoms with E-state index in [4.69, 9.17) is 5.11 Å². The Kier molecular flexibility index (Phi) is 7.23. The fourth-order valence-corrected chi connectivity index (χ4v) is 1.46. The lowest BCUT2D eigenvalue weighted by atomic mass is 10.2. The Hall–Kier alpha value is -0.120. The molecule has 0 aliphatic heterocycles. The minimum Gasteiger partial charge on any atom is -0.395 e. The molecular formula is C10H24N2O. The summed E-state index contributed by atoms with van der Waals surface area (Å²) in [6.45, 7) is 11.7. The predicted octanol–water partition coefficient (Wildman–Crippen LogP) is 0.687. The topological polar surface area (TPSA) is 35.5 Å². The van der Waals surface area contributed by atoms with E-state index in [0.717, 1.165) is 19.6 Å². The van der Waals surface area contributed by atoms with E-state index in [0.29, 0.717) is 6.04 Å². The number of hydrogen-bond donors (Lipinski definition) is 2. The maximum absolute atomic E-state index is 9.09. The Morgan fingerprint density at radius 3 is 2.23 bits per heavy atom. The molecule has 0 aromatic rings. The molecule has 0 aromatic carbocycles. The van der Waals surface area contributed by atoms with Gasteiger partial charge in [0.2, 0.25) is 0 Å². The standard InChI is InChI=1S/C10H24N2O/c1-5-11-10(8-13)7-12(6-2)9(3)4/h9-11,13H,5-8H2,1-4H3. The Balaban J connectivity index is 3.87. The minimum atomic E-state index is 0.215. The lowest BCUT2D eigenvalue weighted by molar-refractivity contribution is 0.164. The monoisotopic (exact) mass is 188 g/mol. The quantitative estimate of drug-likeness (QED) is 0.617. The Morgan fingerprint density at radius 2 is 1.92 bits per heavy atom. The molecule has 3 nitrogen and oxygen atoms in total. The zero-order valence-corrected chi connectivity index (χ0v) is 9.38. The van der Waals surface area contributed by atoms with Crippen molar-refractivity contribution in [3.05, 3.63) is 0 Å². The predicted molar refractivity (Wildman–Crippen MR) is 56.9 cm³/mol. The third-order valence-corrected chi connectivity index (χ3v) is 2.30. The van der Waals surface area contributed by atoms with Crippen LogP contribution in [0.15, 0.2) is 0 Å². The summed E-state index contributed by atoms with van der Waals surface area (Å²) in [6.07, 6.45) is 0. The fraction of sp³-hybridized carbons (Fsp3) is 1.00. The Morgan fingerprint density at radius 1 is 1.31 bits per heavy atom. The van der Waals surface area contributed by atoms with Crippen LogP contribution in [0.4, 0.5) is 0 Å². The van der Waals surface area contributed by atoms with Gasteiger partial charge in [0.15, 0.2) is 0 Å². The van der Waals surface area contributed by atoms with E-state index in [1.807, 2.05) is 0 Å². The van der Waals surface area contributed by atoms with Gasteiger partial charge in [0.05, 0.1) is 6.61 Å². The molecule has 0 rings (SSSR count). The van der Waals surface area contributed by atoms with Gasteiger partial charge < -0.3 is 10.4 Å². The highest BCUT2D eigenvalue weighted by molar-refractivity contribution is 4.72. The molecule has 0 fully saturated rings. The van der Waals surface area contributed by atoms with Crippen LogP contribution >= 0.6 is 0 Å². The van der Waals surface area contributed by atoms with Gasteiger partial charge in [-0.1, -0.05) is 13.8 Å². The molecule has 0 aliphatic rings. The maximum Gasteiger partial charge on any atom is 0.0597 e. The molecule has 0 heterocycles. The summed E-state index contributed by atoms with van der Waals surface area (Å²) in [5.74, 6) is 0. The van der Waals surface area contributed by atoms with Crippen molar-refractivity contribution in [3.63, 3.8) is 0 Å². The van der Waals surface area contributed by atoms with E-state index >= 15 is 0 Å². The van der Waals surface area contributed by atoms with Gasteiger partial charge in [-0.15, -0.1) is 0 Å². The summed E-state index contributed by atoms with van der Waals surface area (Å²) in [7, 11) is 0. The van der Waals surface area contributed by atoms with E-state index < -0.39 is 0 Å². The van der Waals surface area contributed by atoms with E-state index in [2.05, 4.69) is 37.9 Å². The van der Waals surface area contributed by atoms with Gasteiger partial charge in [-0.3, -0.25) is 4.90 Å². The van der Waals surface area contributed by atoms with Crippen molar-refractivity contribution in [2.24, 2.45) is 0 Å². The number of likely N-dealkylation sites (N-methyl/N-ethyl adjacent to an activating group) is 2. The second kappa shape index (κ2) is 7.30. The molecule has 1 unspecified atom stereocenters. The van der Waals surface area contributed by atoms with E-state index in [9.17, 15) is 0 Å². The van der Waals surface area contributed by atoms with Crippen LogP contribution in [0.25, 0.3) is 0 Å². The summed E-state index contributed by atoms with van der Waals surface area (Å²) in [6, 6.07) is 0.769. The molecule has 0 bridgehead atoms. The number of nitrogens with one attached hydrogen (secondary N) is 1. The first-order valence-electron chi connectivity index (χ1n) is 5.23. The van der Waals surface area contributed by atoms with Gasteiger partial charge in [0.1, 0.15) is 0 Å². The van der Waals surface area contributed by atoms with Gasteiger partial charge >= 0.3 is 0 Å². The molecule has 0 saturated carbocycles. The molecule has 0 aromatic heterocycles. The normalized spacial score (nSPS) is 14.1. The highest BCUT2D eigenvalue weighted by atomic mass is 16.3. The van der Waals surface area contributed by atoms with Crippen LogP contribution < -0.4 is 5.32 Å². The third-order valence-electron chi connectivity index (χ3n) is 2.30. The molecule has 13 heavy (non-hydrogen) atoms. The highest BCUT2D eigenvalue weighted by Gasteiger charge is 2.13. The molecule has 2 N–H and O–H groups in total. The van der Waals surface area contributed by atoms with Crippen LogP contribution in [0.1, 0.15) is 27.7 Å². The maximum atomic E-state index is 9.09. The number of aliphatic hydroxyl groups excluding tert-OH is 1. The molecule has 0 aliphatic carbocycles. The molecular weight excluding hydrogens is 164 g/mol. The van der Waals surface area contributed by atoms with E-state index in [1.165, 1.54) is 0 Å². The largest absolute Gasteiger partial charge is 0.395 e. The van der Waals surface area contributed by atoms with Crippen molar-refractivity contribution in [2.75, 3.05) is 26.2 Å². The van der Waals surface area contributed by atoms with E-state index in [1.54, 1.807) is 0 Å². The van der Waals surface area contributed by atoms with Crippen molar-refractivity contribution in [1.29, 1.82) is 0 Å². The lowest BCUT2D eigenvalue weighted by Gasteiger charge is -2.29. The van der Waals surface area contributed by atoms with Crippen LogP contribution in [0.3, 0.4) is 0 Å². The second-order valence-electron chi connectivity index (χ2n) is 3.62. The van der Waals surface area contributed by atoms with Gasteiger partial charge in [0.25, 0.3) is 0 Å². The van der Waals surface area contributed by atoms with Crippen LogP contribution in [-0.2, 0) is 0 Å². The lowest BCUT2D eigenvalue weighted by Crippen LogP contribution is -2.45. The average Bonchev–Trinajstić information content (AvgIpc) is 2.11. The first-order chi connectivity index (χ1) is 6.15. The molecule has 0 radical (unpaired) electrons. The van der Waals surface area contributed by atoms with Gasteiger partial charge in [-0.2, -0.15) is 0 Å². The summed E-state index contributed by atoms with van der Waals surface area (Å²) >= 11 is 0. The third kappa shape index (κ3) is 5.24. The average molecular weight is 188 g/mol. The number of aliphatic hydroxyl groups is 1. The summed E-state index contributed by atoms with van der Waals surface area (Å²) in [5, 5.41) is 12.4. The Labute approximate surface area is 82.1 Å². The number of hydrogen-bond acceptors (Lipinski definition) is 3. The van der Waals surface area contributed by atoms with Crippen LogP contribution in [0.5, 0.6) is 0 Å². The molecule has 0 saturated heterocycles. The van der Waals surface area contributed by atoms with Crippen LogP contribution in [0.2, 0.25) is 0 Å². The molecule has 80 valence electrons. The number of rotatable bonds is 7. The summed E-state index contributed by atoms with van der Waals surface area (Å²) in [5.41, 5.74) is 0. The van der Waals surface area contributed by atoms with Gasteiger partial charge in [-0.25, -0.2) is 0 Å². The van der Waals surface area contributed by atoms with Crippen LogP contribution in [-0.4, -0.2) is 48.3 Å². The molecule has 3 heteroatoms.